The van der Waals surface area contributed by atoms with Gasteiger partial charge in [-0.15, -0.1) is 5.10 Å². The van der Waals surface area contributed by atoms with Gasteiger partial charge in [0.2, 0.25) is 11.8 Å². The highest BCUT2D eigenvalue weighted by atomic mass is 16.5. The number of carbonyl (C=O) groups is 1. The number of amides is 1. The van der Waals surface area contributed by atoms with Gasteiger partial charge in [-0.2, -0.15) is 5.26 Å². The molecule has 1 amide bonds. The lowest BCUT2D eigenvalue weighted by Crippen LogP contribution is -2.22. The molecule has 0 fully saturated rings. The Hall–Kier alpha value is -3.67. The number of nitrogens with zero attached hydrogens (tertiary/aromatic N) is 2. The number of primary amides is 1. The van der Waals surface area contributed by atoms with E-state index in [2.05, 4.69) is 23.2 Å². The number of aromatic amines is 1. The molecule has 9 nitrogen and oxygen atoms in total. The molecule has 1 aliphatic rings. The SMILES string of the molecule is CCCc1[nH]nc2c1[C@H](c1ccc(OCC(N)=O)c(OCC)c1)C(C#N)=C(N)O2. The van der Waals surface area contributed by atoms with Crippen LogP contribution < -0.4 is 25.7 Å². The molecule has 5 N–H and O–H groups in total. The van der Waals surface area contributed by atoms with Crippen molar-refractivity contribution in [2.75, 3.05) is 13.2 Å². The van der Waals surface area contributed by atoms with Crippen molar-refractivity contribution in [3.63, 3.8) is 0 Å². The average Bonchev–Trinajstić information content (AvgIpc) is 3.08. The third kappa shape index (κ3) is 3.96. The van der Waals surface area contributed by atoms with E-state index < -0.39 is 11.8 Å². The topological polar surface area (TPSA) is 149 Å². The number of aromatic nitrogens is 2. The predicted octanol–water partition coefficient (Wildman–Crippen LogP) is 1.84. The second-order valence-electron chi connectivity index (χ2n) is 6.49. The molecule has 0 saturated heterocycles. The van der Waals surface area contributed by atoms with E-state index in [4.69, 9.17) is 25.7 Å². The highest BCUT2D eigenvalue weighted by Crippen LogP contribution is 2.44. The van der Waals surface area contributed by atoms with Gasteiger partial charge in [0, 0.05) is 11.3 Å². The quantitative estimate of drug-likeness (QED) is 0.615. The third-order valence-electron chi connectivity index (χ3n) is 4.49. The Balaban J connectivity index is 2.10. The number of allylic oxidation sites excluding steroid dienone is 1. The van der Waals surface area contributed by atoms with Crippen LogP contribution in [0.15, 0.2) is 29.7 Å². The van der Waals surface area contributed by atoms with Crippen LogP contribution in [-0.2, 0) is 11.2 Å². The van der Waals surface area contributed by atoms with Gasteiger partial charge in [0.05, 0.1) is 12.5 Å². The fourth-order valence-corrected chi connectivity index (χ4v) is 3.32. The number of nitriles is 1. The van der Waals surface area contributed by atoms with Crippen LogP contribution in [0.1, 0.15) is 43.0 Å². The molecule has 0 unspecified atom stereocenters. The molecule has 9 heteroatoms. The highest BCUT2D eigenvalue weighted by Gasteiger charge is 2.35. The minimum Gasteiger partial charge on any atom is -0.490 e. The Morgan fingerprint density at radius 1 is 1.34 bits per heavy atom. The summed E-state index contributed by atoms with van der Waals surface area (Å²) in [6.45, 7) is 4.02. The van der Waals surface area contributed by atoms with Gasteiger partial charge in [-0.1, -0.05) is 19.4 Å². The summed E-state index contributed by atoms with van der Waals surface area (Å²) in [5, 5.41) is 17.0. The van der Waals surface area contributed by atoms with E-state index in [0.717, 1.165) is 29.7 Å². The van der Waals surface area contributed by atoms with E-state index in [1.807, 2.05) is 6.92 Å². The van der Waals surface area contributed by atoms with E-state index in [-0.39, 0.29) is 12.5 Å². The van der Waals surface area contributed by atoms with E-state index in [0.29, 0.717) is 29.6 Å². The predicted molar refractivity (Wildman–Crippen MR) is 104 cm³/mol. The summed E-state index contributed by atoms with van der Waals surface area (Å²) in [5.74, 6) is 0.159. The molecular weight excluding hydrogens is 374 g/mol. The molecule has 1 atom stereocenters. The van der Waals surface area contributed by atoms with E-state index in [1.54, 1.807) is 18.2 Å². The Morgan fingerprint density at radius 3 is 2.79 bits per heavy atom. The first-order valence-electron chi connectivity index (χ1n) is 9.32. The third-order valence-corrected chi connectivity index (χ3v) is 4.49. The molecule has 0 saturated carbocycles. The Bertz CT molecular complexity index is 989. The van der Waals surface area contributed by atoms with Crippen LogP contribution in [0, 0.1) is 11.3 Å². The molecule has 0 radical (unpaired) electrons. The number of carbonyl (C=O) groups excluding carboxylic acids is 1. The van der Waals surface area contributed by atoms with Crippen LogP contribution in [-0.4, -0.2) is 29.3 Å². The number of hydrogen-bond donors (Lipinski definition) is 3. The number of hydrogen-bond acceptors (Lipinski definition) is 7. The zero-order valence-electron chi connectivity index (χ0n) is 16.3. The van der Waals surface area contributed by atoms with Gasteiger partial charge in [-0.25, -0.2) is 0 Å². The summed E-state index contributed by atoms with van der Waals surface area (Å²) in [6.07, 6.45) is 1.64. The minimum absolute atomic E-state index is 0.0200. The van der Waals surface area contributed by atoms with Gasteiger partial charge < -0.3 is 25.7 Å². The lowest BCUT2D eigenvalue weighted by molar-refractivity contribution is -0.119. The number of aryl methyl sites for hydroxylation is 1. The van der Waals surface area contributed by atoms with Gasteiger partial charge in [-0.3, -0.25) is 9.89 Å². The van der Waals surface area contributed by atoms with Crippen LogP contribution in [0.2, 0.25) is 0 Å². The zero-order valence-corrected chi connectivity index (χ0v) is 16.3. The average molecular weight is 397 g/mol. The first kappa shape index (κ1) is 20.1. The summed E-state index contributed by atoms with van der Waals surface area (Å²) in [6, 6.07) is 7.42. The summed E-state index contributed by atoms with van der Waals surface area (Å²) in [7, 11) is 0. The Morgan fingerprint density at radius 2 is 2.14 bits per heavy atom. The molecule has 0 spiro atoms. The molecule has 1 aliphatic heterocycles. The summed E-state index contributed by atoms with van der Waals surface area (Å²) in [4.78, 5) is 11.1. The number of nitrogens with two attached hydrogens (primary N) is 2. The standard InChI is InChI=1S/C20H23N5O4/c1-3-5-13-18-17(12(9-21)19(23)29-20(18)25-24-13)11-6-7-14(28-10-16(22)26)15(8-11)27-4-2/h6-8,17H,3-5,10,23H2,1-2H3,(H2,22,26)(H,24,25)/t17-/m1/s1. The molecule has 3 rings (SSSR count). The fourth-order valence-electron chi connectivity index (χ4n) is 3.32. The van der Waals surface area contributed by atoms with Crippen molar-refractivity contribution >= 4 is 5.91 Å². The van der Waals surface area contributed by atoms with Crippen LogP contribution in [0.25, 0.3) is 0 Å². The van der Waals surface area contributed by atoms with Crippen molar-refractivity contribution in [2.24, 2.45) is 11.5 Å². The smallest absolute Gasteiger partial charge is 0.255 e. The maximum absolute atomic E-state index is 11.1. The van der Waals surface area contributed by atoms with Crippen molar-refractivity contribution in [3.05, 3.63) is 46.5 Å². The number of H-pyrrole nitrogens is 1. The van der Waals surface area contributed by atoms with E-state index in [9.17, 15) is 10.1 Å². The van der Waals surface area contributed by atoms with Crippen molar-refractivity contribution in [1.29, 1.82) is 5.26 Å². The summed E-state index contributed by atoms with van der Waals surface area (Å²) < 4.78 is 16.7. The Kier molecular flexibility index (Phi) is 5.93. The first-order valence-corrected chi connectivity index (χ1v) is 9.32. The molecule has 1 aromatic carbocycles. The monoisotopic (exact) mass is 397 g/mol. The van der Waals surface area contributed by atoms with E-state index in [1.165, 1.54) is 0 Å². The number of ether oxygens (including phenoxy) is 3. The second-order valence-corrected chi connectivity index (χ2v) is 6.49. The summed E-state index contributed by atoms with van der Waals surface area (Å²) in [5.41, 5.74) is 13.9. The normalized spacial score (nSPS) is 15.3. The first-order chi connectivity index (χ1) is 14.0. The van der Waals surface area contributed by atoms with Crippen molar-refractivity contribution in [3.8, 4) is 23.4 Å². The molecule has 2 heterocycles. The lowest BCUT2D eigenvalue weighted by atomic mass is 9.83. The maximum atomic E-state index is 11.1. The van der Waals surface area contributed by atoms with E-state index >= 15 is 0 Å². The molecule has 29 heavy (non-hydrogen) atoms. The van der Waals surface area contributed by atoms with Crippen LogP contribution in [0.4, 0.5) is 0 Å². The van der Waals surface area contributed by atoms with Crippen LogP contribution >= 0.6 is 0 Å². The van der Waals surface area contributed by atoms with Crippen LogP contribution in [0.5, 0.6) is 17.4 Å². The fraction of sp³-hybridized carbons (Fsp3) is 0.350. The van der Waals surface area contributed by atoms with Gasteiger partial charge in [-0.05, 0) is 31.0 Å². The molecular formula is C20H23N5O4. The van der Waals surface area contributed by atoms with Gasteiger partial charge in [0.25, 0.3) is 5.91 Å². The van der Waals surface area contributed by atoms with Crippen molar-refractivity contribution in [1.82, 2.24) is 10.2 Å². The van der Waals surface area contributed by atoms with Gasteiger partial charge in [0.1, 0.15) is 11.6 Å². The number of nitrogens with one attached hydrogen (secondary N) is 1. The molecule has 1 aromatic heterocycles. The lowest BCUT2D eigenvalue weighted by Gasteiger charge is -2.25. The molecule has 0 bridgehead atoms. The molecule has 0 aliphatic carbocycles. The highest BCUT2D eigenvalue weighted by molar-refractivity contribution is 5.75. The minimum atomic E-state index is -0.587. The second kappa shape index (κ2) is 8.56. The Labute approximate surface area is 168 Å². The number of benzene rings is 1. The molecule has 2 aromatic rings. The number of rotatable bonds is 8. The zero-order chi connectivity index (χ0) is 21.0. The number of fused-ring (bicyclic) bond motifs is 1. The largest absolute Gasteiger partial charge is 0.490 e. The van der Waals surface area contributed by atoms with Gasteiger partial charge in [0.15, 0.2) is 18.1 Å². The van der Waals surface area contributed by atoms with Crippen molar-refractivity contribution in [2.45, 2.75) is 32.6 Å². The summed E-state index contributed by atoms with van der Waals surface area (Å²) >= 11 is 0. The maximum Gasteiger partial charge on any atom is 0.255 e. The molecule has 152 valence electrons. The van der Waals surface area contributed by atoms with Crippen LogP contribution in [0.3, 0.4) is 0 Å². The van der Waals surface area contributed by atoms with Crippen molar-refractivity contribution < 1.29 is 19.0 Å². The van der Waals surface area contributed by atoms with Gasteiger partial charge >= 0.3 is 0 Å².